The molecule has 54 heavy (non-hydrogen) atoms. The number of carbonyl (C=O) groups is 4. The number of halogens is 2. The summed E-state index contributed by atoms with van der Waals surface area (Å²) < 4.78 is 61.3. The van der Waals surface area contributed by atoms with Gasteiger partial charge in [-0.3, -0.25) is 9.59 Å². The van der Waals surface area contributed by atoms with E-state index in [0.717, 1.165) is 24.3 Å². The minimum absolute atomic E-state index is 0.0341. The van der Waals surface area contributed by atoms with Crippen molar-refractivity contribution < 1.29 is 76.9 Å². The van der Waals surface area contributed by atoms with E-state index in [1.54, 1.807) is 20.8 Å². The van der Waals surface area contributed by atoms with Crippen LogP contribution in [0.5, 0.6) is 17.2 Å². The monoisotopic (exact) mass is 765 g/mol. The van der Waals surface area contributed by atoms with E-state index in [2.05, 4.69) is 4.84 Å². The molecule has 0 radical (unpaired) electrons. The zero-order valence-electron chi connectivity index (χ0n) is 29.9. The van der Waals surface area contributed by atoms with E-state index in [-0.39, 0.29) is 56.5 Å². The molecule has 0 bridgehead atoms. The molecule has 16 nitrogen and oxygen atoms in total. The molecule has 1 saturated heterocycles. The van der Waals surface area contributed by atoms with E-state index in [4.69, 9.17) is 23.7 Å². The highest BCUT2D eigenvalue weighted by molar-refractivity contribution is 6.01. The Hall–Kier alpha value is -4.68. The molecule has 3 saturated carbocycles. The zero-order chi connectivity index (χ0) is 39.6. The number of hydrogen-bond donors (Lipinski definition) is 3. The van der Waals surface area contributed by atoms with Crippen LogP contribution in [0.2, 0.25) is 0 Å². The summed E-state index contributed by atoms with van der Waals surface area (Å²) in [5.41, 5.74) is -7.77. The highest BCUT2D eigenvalue weighted by atomic mass is 19.1. The van der Waals surface area contributed by atoms with Crippen LogP contribution in [0.25, 0.3) is 0 Å². The lowest BCUT2D eigenvalue weighted by atomic mass is 9.44. The number of phenols is 2. The van der Waals surface area contributed by atoms with Crippen molar-refractivity contribution in [3.63, 3.8) is 0 Å². The van der Waals surface area contributed by atoms with Crippen molar-refractivity contribution in [3.05, 3.63) is 51.6 Å². The number of aromatic hydroxyl groups is 2. The van der Waals surface area contributed by atoms with Gasteiger partial charge in [0.05, 0.1) is 31.0 Å². The predicted octanol–water partition coefficient (Wildman–Crippen LogP) is 4.15. The van der Waals surface area contributed by atoms with Crippen molar-refractivity contribution in [1.82, 2.24) is 0 Å². The van der Waals surface area contributed by atoms with Crippen LogP contribution >= 0.6 is 0 Å². The molecule has 2 unspecified atom stereocenters. The highest BCUT2D eigenvalue weighted by Gasteiger charge is 2.80. The van der Waals surface area contributed by atoms with Crippen molar-refractivity contribution in [3.8, 4) is 17.2 Å². The third-order valence-corrected chi connectivity index (χ3v) is 11.8. The normalized spacial score (nSPS) is 35.8. The smallest absolute Gasteiger partial charge is 0.504 e. The van der Waals surface area contributed by atoms with Gasteiger partial charge in [0.1, 0.15) is 6.17 Å². The topological polar surface area (TPSA) is 227 Å². The van der Waals surface area contributed by atoms with Crippen LogP contribution in [-0.4, -0.2) is 99.4 Å². The van der Waals surface area contributed by atoms with Crippen LogP contribution in [0.15, 0.2) is 35.9 Å². The largest absolute Gasteiger partial charge is 0.514 e. The van der Waals surface area contributed by atoms with Crippen molar-refractivity contribution in [2.75, 3.05) is 19.8 Å². The van der Waals surface area contributed by atoms with Gasteiger partial charge in [-0.2, -0.15) is 0 Å². The molecule has 3 N–H and O–H groups in total. The van der Waals surface area contributed by atoms with Gasteiger partial charge in [0.15, 0.2) is 40.9 Å². The van der Waals surface area contributed by atoms with E-state index < -0.39 is 111 Å². The van der Waals surface area contributed by atoms with Crippen LogP contribution in [-0.2, 0) is 33.4 Å². The third kappa shape index (κ3) is 6.07. The summed E-state index contributed by atoms with van der Waals surface area (Å²) in [4.78, 5) is 66.3. The van der Waals surface area contributed by atoms with Crippen molar-refractivity contribution in [2.45, 2.75) is 95.2 Å². The number of unbranched alkanes of at least 4 members (excludes halogenated alkanes) is 1. The molecule has 18 heteroatoms. The van der Waals surface area contributed by atoms with Gasteiger partial charge in [-0.05, 0) is 88.7 Å². The maximum absolute atomic E-state index is 17.7. The fourth-order valence-corrected chi connectivity index (χ4v) is 9.53. The van der Waals surface area contributed by atoms with Gasteiger partial charge in [0, 0.05) is 16.7 Å². The number of carbonyl (C=O) groups excluding carboxylic acids is 4. The number of esters is 1. The second kappa shape index (κ2) is 13.6. The summed E-state index contributed by atoms with van der Waals surface area (Å²) in [6.45, 7) is 4.82. The first kappa shape index (κ1) is 39.0. The van der Waals surface area contributed by atoms with Crippen LogP contribution in [0.4, 0.5) is 13.6 Å². The number of aliphatic hydroxyl groups excluding tert-OH is 1. The van der Waals surface area contributed by atoms with Gasteiger partial charge in [0.2, 0.25) is 11.5 Å². The average Bonchev–Trinajstić information content (AvgIpc) is 3.50. The zero-order valence-corrected chi connectivity index (χ0v) is 29.9. The number of phenolic OH excluding ortho intramolecular Hbond substituents is 2. The molecule has 4 fully saturated rings. The molecule has 1 aromatic carbocycles. The summed E-state index contributed by atoms with van der Waals surface area (Å²) >= 11 is 0. The molecule has 6 rings (SSSR count). The summed E-state index contributed by atoms with van der Waals surface area (Å²) in [7, 11) is 0. The first-order valence-electron chi connectivity index (χ1n) is 17.4. The number of ether oxygens (including phenoxy) is 5. The molecule has 9 atom stereocenters. The Labute approximate surface area is 307 Å². The SMILES string of the molecule is CC1(C)O[C@@H]2CC3C4C[C@H](F)C5=CC(=O)C=C[C@]5(C)[C@@]4(F)[C@@H](O)C[C@]3(C)[C@]2(C(=O)COC(=O)Oc2cc(C(=O)OCCCCO[N+](=O)[O-])cc(O)c2O)O1. The Bertz CT molecular complexity index is 1830. The van der Waals surface area contributed by atoms with Gasteiger partial charge in [-0.15, -0.1) is 10.1 Å². The second-order valence-corrected chi connectivity index (χ2v) is 15.2. The number of rotatable bonds is 11. The number of fused-ring (bicyclic) bond motifs is 7. The number of allylic oxidation sites excluding steroid dienone is 4. The molecule has 5 aliphatic rings. The fourth-order valence-electron chi connectivity index (χ4n) is 9.53. The van der Waals surface area contributed by atoms with Gasteiger partial charge in [-0.25, -0.2) is 18.4 Å². The molecule has 0 amide bonds. The number of alkyl halides is 2. The molecular formula is C36H41F2NO15. The van der Waals surface area contributed by atoms with Gasteiger partial charge < -0.3 is 43.8 Å². The number of nitrogens with zero attached hydrogens (tertiary/aromatic N) is 1. The van der Waals surface area contributed by atoms with Gasteiger partial charge >= 0.3 is 12.1 Å². The number of aliphatic hydroxyl groups is 1. The van der Waals surface area contributed by atoms with Crippen LogP contribution in [0, 0.1) is 32.8 Å². The maximum atomic E-state index is 17.7. The maximum Gasteiger partial charge on any atom is 0.514 e. The van der Waals surface area contributed by atoms with Gasteiger partial charge in [0.25, 0.3) is 5.09 Å². The second-order valence-electron chi connectivity index (χ2n) is 15.2. The first-order chi connectivity index (χ1) is 25.2. The molecule has 1 heterocycles. The van der Waals surface area contributed by atoms with E-state index in [1.807, 2.05) is 0 Å². The van der Waals surface area contributed by atoms with Crippen molar-refractivity contribution >= 4 is 23.7 Å². The van der Waals surface area contributed by atoms with Crippen molar-refractivity contribution in [2.24, 2.45) is 22.7 Å². The number of benzene rings is 1. The summed E-state index contributed by atoms with van der Waals surface area (Å²) in [5, 5.41) is 41.5. The van der Waals surface area contributed by atoms with E-state index in [0.29, 0.717) is 0 Å². The molecule has 0 spiro atoms. The summed E-state index contributed by atoms with van der Waals surface area (Å²) in [5.74, 6) is -8.11. The van der Waals surface area contributed by atoms with E-state index in [9.17, 15) is 44.6 Å². The first-order valence-corrected chi connectivity index (χ1v) is 17.4. The summed E-state index contributed by atoms with van der Waals surface area (Å²) in [6.07, 6.45) is -2.77. The molecular weight excluding hydrogens is 724 g/mol. The highest BCUT2D eigenvalue weighted by Crippen LogP contribution is 2.72. The fraction of sp³-hybridized carbons (Fsp3) is 0.611. The summed E-state index contributed by atoms with van der Waals surface area (Å²) in [6, 6.07) is 1.71. The van der Waals surface area contributed by atoms with E-state index in [1.165, 1.54) is 13.0 Å². The van der Waals surface area contributed by atoms with Crippen LogP contribution < -0.4 is 4.74 Å². The Morgan fingerprint density at radius 2 is 1.76 bits per heavy atom. The number of hydrogen-bond acceptors (Lipinski definition) is 15. The number of Topliss-reactive ketones (excluding diaryl/α,β-unsaturated/α-hetero) is 1. The Kier molecular flexibility index (Phi) is 9.80. The van der Waals surface area contributed by atoms with Crippen molar-refractivity contribution in [1.29, 1.82) is 0 Å². The molecule has 4 aliphatic carbocycles. The Balaban J connectivity index is 1.18. The number of ketones is 2. The quantitative estimate of drug-likeness (QED) is 0.0718. The Morgan fingerprint density at radius 1 is 1.06 bits per heavy atom. The Morgan fingerprint density at radius 3 is 2.46 bits per heavy atom. The van der Waals surface area contributed by atoms with Gasteiger partial charge in [-0.1, -0.05) is 13.0 Å². The average molecular weight is 766 g/mol. The van der Waals surface area contributed by atoms with Crippen LogP contribution in [0.3, 0.4) is 0 Å². The van der Waals surface area contributed by atoms with Crippen LogP contribution in [0.1, 0.15) is 70.2 Å². The lowest BCUT2D eigenvalue weighted by molar-refractivity contribution is -0.757. The minimum atomic E-state index is -2.43. The minimum Gasteiger partial charge on any atom is -0.504 e. The standard InChI is InChI=1S/C36H41F2NO15/c1-32(2)53-28-15-20-21-14-23(37)22-13-19(40)7-8-33(22,3)35(21,38)26(42)16-34(20,4)36(28,54-32)27(43)17-50-31(46)52-25-12-18(11-24(41)29(25)44)30(45)49-9-5-6-10-51-39(47)48/h7-8,11-13,20-21,23,26,28,41-42,44H,5-6,9-10,14-17H2,1-4H3/t20?,21?,23-,26-,28+,33-,34-,35-,36+/m0/s1. The molecule has 0 aromatic heterocycles. The lowest BCUT2D eigenvalue weighted by Gasteiger charge is -2.63. The molecule has 1 aliphatic heterocycles. The third-order valence-electron chi connectivity index (χ3n) is 11.8. The molecule has 294 valence electrons. The predicted molar refractivity (Wildman–Crippen MR) is 176 cm³/mol. The molecule has 1 aromatic rings. The lowest BCUT2D eigenvalue weighted by Crippen LogP contribution is -2.71. The van der Waals surface area contributed by atoms with E-state index >= 15 is 8.78 Å².